The second-order valence-electron chi connectivity index (χ2n) is 9.82. The van der Waals surface area contributed by atoms with Gasteiger partial charge in [0.05, 0.1) is 18.1 Å². The quantitative estimate of drug-likeness (QED) is 0.0577. The predicted octanol–water partition coefficient (Wildman–Crippen LogP) is -1.80. The zero-order chi connectivity index (χ0) is 31.1. The van der Waals surface area contributed by atoms with Crippen molar-refractivity contribution >= 4 is 55.1 Å². The molecule has 1 aliphatic rings. The molecule has 7 N–H and O–H groups in total. The Morgan fingerprint density at radius 3 is 2.05 bits per heavy atom. The minimum absolute atomic E-state index is 0.0211. The van der Waals surface area contributed by atoms with Crippen LogP contribution in [0.4, 0.5) is 4.79 Å². The highest BCUT2D eigenvalue weighted by Crippen LogP contribution is 2.10. The highest BCUT2D eigenvalue weighted by Gasteiger charge is 2.30. The molecule has 0 aliphatic carbocycles. The summed E-state index contributed by atoms with van der Waals surface area (Å²) < 4.78 is 0. The molecular weight excluding hydrogens is 539 g/mol. The number of imide groups is 1. The van der Waals surface area contributed by atoms with E-state index in [1.807, 2.05) is 0 Å². The fourth-order valence-corrected chi connectivity index (χ4v) is 3.88. The molecule has 0 saturated heterocycles. The Kier molecular flexibility index (Phi) is 14.8. The number of unbranched alkanes of at least 4 members (excludes halogenated alkanes) is 2. The Bertz CT molecular complexity index is 1030. The second-order valence-corrected chi connectivity index (χ2v) is 9.82. The van der Waals surface area contributed by atoms with Gasteiger partial charge in [0.1, 0.15) is 12.1 Å². The third kappa shape index (κ3) is 13.1. The smallest absolute Gasteiger partial charge is 0.312 e. The number of amides is 7. The van der Waals surface area contributed by atoms with Crippen molar-refractivity contribution in [2.45, 2.75) is 76.9 Å². The number of aliphatic carboxylic acids is 1. The zero-order valence-corrected chi connectivity index (χ0v) is 23.1. The van der Waals surface area contributed by atoms with E-state index in [9.17, 15) is 38.4 Å². The number of nitrogens with two attached hydrogens (primary N) is 1. The van der Waals surface area contributed by atoms with Gasteiger partial charge in [-0.15, -0.1) is 0 Å². The molecule has 15 nitrogen and oxygen atoms in total. The summed E-state index contributed by atoms with van der Waals surface area (Å²) in [6, 6.07) is -4.60. The van der Waals surface area contributed by atoms with Gasteiger partial charge in [0.2, 0.25) is 17.7 Å². The highest BCUT2D eigenvalue weighted by molar-refractivity contribution is 6.59. The molecule has 0 aromatic rings. The summed E-state index contributed by atoms with van der Waals surface area (Å²) in [4.78, 5) is 96.4. The van der Waals surface area contributed by atoms with Gasteiger partial charge in [0.15, 0.2) is 7.85 Å². The molecular formula is C25H37BN6O9. The summed E-state index contributed by atoms with van der Waals surface area (Å²) in [7, 11) is 5.19. The number of carbonyl (C=O) groups is 8. The maximum Gasteiger partial charge on any atom is 0.312 e. The van der Waals surface area contributed by atoms with Gasteiger partial charge in [-0.1, -0.05) is 20.3 Å². The summed E-state index contributed by atoms with van der Waals surface area (Å²) in [5.74, 6) is -4.49. The number of carbonyl (C=O) groups excluding carboxylic acids is 7. The van der Waals surface area contributed by atoms with Gasteiger partial charge >= 0.3 is 12.0 Å². The van der Waals surface area contributed by atoms with Gasteiger partial charge in [-0.25, -0.2) is 4.79 Å². The highest BCUT2D eigenvalue weighted by atomic mass is 16.4. The van der Waals surface area contributed by atoms with Crippen LogP contribution < -0.4 is 27.0 Å². The number of urea groups is 1. The van der Waals surface area contributed by atoms with Gasteiger partial charge in [0, 0.05) is 31.7 Å². The van der Waals surface area contributed by atoms with Crippen LogP contribution in [0.25, 0.3) is 0 Å². The third-order valence-electron chi connectivity index (χ3n) is 6.09. The van der Waals surface area contributed by atoms with E-state index in [0.29, 0.717) is 19.3 Å². The lowest BCUT2D eigenvalue weighted by atomic mass is 9.92. The van der Waals surface area contributed by atoms with Gasteiger partial charge in [-0.05, 0) is 31.6 Å². The van der Waals surface area contributed by atoms with Crippen molar-refractivity contribution in [3.8, 4) is 0 Å². The number of carboxylic acids is 1. The van der Waals surface area contributed by atoms with Crippen LogP contribution in [-0.2, 0) is 33.6 Å². The number of nitrogens with one attached hydrogen (secondary N) is 4. The molecule has 1 heterocycles. The fraction of sp³-hybridized carbons (Fsp3) is 0.600. The van der Waals surface area contributed by atoms with Gasteiger partial charge < -0.3 is 36.9 Å². The Hall–Kier alpha value is -4.24. The first kappa shape index (κ1) is 34.8. The van der Waals surface area contributed by atoms with Crippen LogP contribution >= 0.6 is 0 Å². The van der Waals surface area contributed by atoms with Gasteiger partial charge in [-0.2, -0.15) is 0 Å². The number of primary amides is 1. The first-order chi connectivity index (χ1) is 19.2. The van der Waals surface area contributed by atoms with Crippen LogP contribution in [0.1, 0.15) is 58.8 Å². The largest absolute Gasteiger partial charge is 0.481 e. The average molecular weight is 576 g/mol. The van der Waals surface area contributed by atoms with Crippen LogP contribution in [0.15, 0.2) is 12.2 Å². The summed E-state index contributed by atoms with van der Waals surface area (Å²) >= 11 is 0. The molecule has 0 aromatic heterocycles. The van der Waals surface area contributed by atoms with E-state index in [1.54, 1.807) is 13.8 Å². The molecule has 41 heavy (non-hydrogen) atoms. The normalized spacial score (nSPS) is 14.8. The molecule has 3 atom stereocenters. The van der Waals surface area contributed by atoms with Crippen molar-refractivity contribution in [3.63, 3.8) is 0 Å². The molecule has 0 fully saturated rings. The number of nitrogens with zero attached hydrogens (tertiary/aromatic N) is 1. The number of rotatable bonds is 19. The molecule has 0 saturated carbocycles. The SMILES string of the molecule is [B]C(=O)[C@@H](CC(=O)O)NC(=O)[C@H](CCCNC(N)=O)NC(=O)C(NC(=O)CCCCCN1C(=O)C=CC1=O)C(C)C. The van der Waals surface area contributed by atoms with E-state index < -0.39 is 60.0 Å². The molecule has 16 heteroatoms. The van der Waals surface area contributed by atoms with E-state index in [1.165, 1.54) is 12.2 Å². The number of carboxylic acid groups (broad SMARTS) is 1. The Labute approximate surface area is 238 Å². The van der Waals surface area contributed by atoms with Crippen LogP contribution in [0.2, 0.25) is 0 Å². The lowest BCUT2D eigenvalue weighted by Crippen LogP contribution is -2.57. The minimum atomic E-state index is -1.53. The van der Waals surface area contributed by atoms with Crippen molar-refractivity contribution in [2.75, 3.05) is 13.1 Å². The van der Waals surface area contributed by atoms with E-state index >= 15 is 0 Å². The number of hydrogen-bond donors (Lipinski definition) is 6. The molecule has 0 spiro atoms. The monoisotopic (exact) mass is 576 g/mol. The van der Waals surface area contributed by atoms with Gasteiger partial charge in [-0.3, -0.25) is 33.7 Å². The molecule has 224 valence electrons. The summed E-state index contributed by atoms with van der Waals surface area (Å²) in [6.07, 6.45) is 3.38. The predicted molar refractivity (Wildman–Crippen MR) is 145 cm³/mol. The van der Waals surface area contributed by atoms with E-state index in [4.69, 9.17) is 18.7 Å². The minimum Gasteiger partial charge on any atom is -0.481 e. The van der Waals surface area contributed by atoms with Crippen LogP contribution in [0.3, 0.4) is 0 Å². The van der Waals surface area contributed by atoms with Crippen molar-refractivity contribution in [1.82, 2.24) is 26.2 Å². The summed E-state index contributed by atoms with van der Waals surface area (Å²) in [6.45, 7) is 3.68. The van der Waals surface area contributed by atoms with E-state index in [-0.39, 0.29) is 50.1 Å². The van der Waals surface area contributed by atoms with Crippen molar-refractivity contribution in [2.24, 2.45) is 11.7 Å². The Morgan fingerprint density at radius 1 is 0.902 bits per heavy atom. The van der Waals surface area contributed by atoms with Crippen molar-refractivity contribution in [1.29, 1.82) is 0 Å². The van der Waals surface area contributed by atoms with Gasteiger partial charge in [0.25, 0.3) is 11.8 Å². The molecule has 1 rings (SSSR count). The molecule has 2 radical (unpaired) electrons. The molecule has 7 amide bonds. The lowest BCUT2D eigenvalue weighted by molar-refractivity contribution is -0.140. The lowest BCUT2D eigenvalue weighted by Gasteiger charge is -2.26. The summed E-state index contributed by atoms with van der Waals surface area (Å²) in [5, 5.41) is 18.7. The Balaban J connectivity index is 2.74. The molecule has 0 aromatic carbocycles. The van der Waals surface area contributed by atoms with E-state index in [0.717, 1.165) is 4.90 Å². The van der Waals surface area contributed by atoms with Crippen molar-refractivity contribution < 1.29 is 43.5 Å². The van der Waals surface area contributed by atoms with Crippen molar-refractivity contribution in [3.05, 3.63) is 12.2 Å². The van der Waals surface area contributed by atoms with Crippen LogP contribution in [0.5, 0.6) is 0 Å². The second kappa shape index (κ2) is 17.5. The molecule has 1 aliphatic heterocycles. The first-order valence-electron chi connectivity index (χ1n) is 13.2. The summed E-state index contributed by atoms with van der Waals surface area (Å²) in [5.41, 5.74) is 3.95. The standard InChI is InChI=1S/C25H37BN6O9/c1-14(2)21(31-17(33)8-4-3-5-12-32-18(34)9-10-19(32)35)24(40)29-15(7-6-11-28-25(27)41)23(39)30-16(22(26)38)13-20(36)37/h9-10,14-16,21H,3-8,11-13H2,1-2H3,(H,29,40)(H,30,39)(H,31,33)(H,36,37)(H3,27,28,41)/t15-,16+,21?/m0/s1. The van der Waals surface area contributed by atoms with Crippen LogP contribution in [0, 0.1) is 5.92 Å². The topological polar surface area (TPSA) is 234 Å². The fourth-order valence-electron chi connectivity index (χ4n) is 3.88. The first-order valence-corrected chi connectivity index (χ1v) is 13.2. The third-order valence-corrected chi connectivity index (χ3v) is 6.09. The van der Waals surface area contributed by atoms with E-state index in [2.05, 4.69) is 21.3 Å². The molecule has 0 bridgehead atoms. The maximum absolute atomic E-state index is 13.1. The maximum atomic E-state index is 13.1. The molecule has 1 unspecified atom stereocenters. The zero-order valence-electron chi connectivity index (χ0n) is 23.1. The number of hydrogen-bond acceptors (Lipinski definition) is 8. The Morgan fingerprint density at radius 2 is 1.51 bits per heavy atom. The van der Waals surface area contributed by atoms with Crippen LogP contribution in [-0.4, -0.2) is 96.3 Å². The average Bonchev–Trinajstić information content (AvgIpc) is 3.19.